The van der Waals surface area contributed by atoms with E-state index in [9.17, 15) is 9.59 Å². The zero-order valence-electron chi connectivity index (χ0n) is 10.8. The fourth-order valence-corrected chi connectivity index (χ4v) is 3.00. The van der Waals surface area contributed by atoms with Crippen LogP contribution in [-0.2, 0) is 9.59 Å². The van der Waals surface area contributed by atoms with Crippen molar-refractivity contribution in [1.29, 1.82) is 0 Å². The van der Waals surface area contributed by atoms with Gasteiger partial charge in [0.2, 0.25) is 0 Å². The van der Waals surface area contributed by atoms with Gasteiger partial charge in [-0.1, -0.05) is 43.5 Å². The van der Waals surface area contributed by atoms with Gasteiger partial charge in [0.1, 0.15) is 0 Å². The van der Waals surface area contributed by atoms with E-state index in [1.165, 1.54) is 43.7 Å². The minimum Gasteiger partial charge on any atom is -0.289 e. The van der Waals surface area contributed by atoms with E-state index in [2.05, 4.69) is 17.4 Å². The van der Waals surface area contributed by atoms with Gasteiger partial charge in [0.05, 0.1) is 5.57 Å². The van der Waals surface area contributed by atoms with Crippen molar-refractivity contribution in [2.45, 2.75) is 38.0 Å². The summed E-state index contributed by atoms with van der Waals surface area (Å²) in [7, 11) is 0. The highest BCUT2D eigenvalue weighted by molar-refractivity contribution is 6.33. The molecule has 1 aromatic rings. The summed E-state index contributed by atoms with van der Waals surface area (Å²) >= 11 is 0. The van der Waals surface area contributed by atoms with Crippen LogP contribution in [0.25, 0.3) is 5.57 Å². The molecule has 2 amide bonds. The van der Waals surface area contributed by atoms with Crippen LogP contribution in [0.2, 0.25) is 0 Å². The Balaban J connectivity index is 1.81. The number of amides is 2. The molecule has 3 rings (SSSR count). The summed E-state index contributed by atoms with van der Waals surface area (Å²) < 4.78 is 0. The van der Waals surface area contributed by atoms with Crippen molar-refractivity contribution in [3.8, 4) is 0 Å². The number of nitrogens with one attached hydrogen (secondary N) is 1. The van der Waals surface area contributed by atoms with Crippen molar-refractivity contribution in [2.24, 2.45) is 0 Å². The summed E-state index contributed by atoms with van der Waals surface area (Å²) in [6, 6.07) is 8.10. The molecule has 0 bridgehead atoms. The fourth-order valence-electron chi connectivity index (χ4n) is 3.00. The molecule has 1 N–H and O–H groups in total. The molecule has 1 aromatic carbocycles. The standard InChI is InChI=1S/C16H17NO2/c18-15-10-14(16(19)17-15)13-8-6-12(7-9-13)11-4-2-1-3-5-11/h6-11H,1-5H2,(H,17,18,19). The first-order valence-electron chi connectivity index (χ1n) is 6.91. The number of hydrogen-bond donors (Lipinski definition) is 1. The van der Waals surface area contributed by atoms with Crippen LogP contribution in [0, 0.1) is 0 Å². The predicted octanol–water partition coefficient (Wildman–Crippen LogP) is 2.77. The second-order valence-corrected chi connectivity index (χ2v) is 5.33. The van der Waals surface area contributed by atoms with E-state index in [-0.39, 0.29) is 11.8 Å². The predicted molar refractivity (Wildman–Crippen MR) is 73.4 cm³/mol. The van der Waals surface area contributed by atoms with Gasteiger partial charge in [-0.25, -0.2) is 0 Å². The van der Waals surface area contributed by atoms with Gasteiger partial charge in [-0.15, -0.1) is 0 Å². The van der Waals surface area contributed by atoms with Gasteiger partial charge in [-0.05, 0) is 29.9 Å². The summed E-state index contributed by atoms with van der Waals surface area (Å²) in [4.78, 5) is 22.7. The molecule has 1 saturated carbocycles. The van der Waals surface area contributed by atoms with Gasteiger partial charge in [0.25, 0.3) is 11.8 Å². The third-order valence-electron chi connectivity index (χ3n) is 4.06. The molecule has 1 aliphatic carbocycles. The van der Waals surface area contributed by atoms with Gasteiger partial charge < -0.3 is 0 Å². The lowest BCUT2D eigenvalue weighted by Crippen LogP contribution is -2.21. The Morgan fingerprint density at radius 1 is 0.947 bits per heavy atom. The van der Waals surface area contributed by atoms with Crippen molar-refractivity contribution in [3.05, 3.63) is 41.5 Å². The summed E-state index contributed by atoms with van der Waals surface area (Å²) in [5, 5.41) is 2.27. The van der Waals surface area contributed by atoms with Crippen molar-refractivity contribution >= 4 is 17.4 Å². The first kappa shape index (κ1) is 12.2. The molecule has 3 heteroatoms. The van der Waals surface area contributed by atoms with Crippen LogP contribution in [0.4, 0.5) is 0 Å². The molecule has 98 valence electrons. The second-order valence-electron chi connectivity index (χ2n) is 5.33. The molecular formula is C16H17NO2. The largest absolute Gasteiger partial charge is 0.289 e. The molecule has 19 heavy (non-hydrogen) atoms. The summed E-state index contributed by atoms with van der Waals surface area (Å²) in [5.74, 6) is 0.0441. The SMILES string of the molecule is O=C1C=C(c2ccc(C3CCCCC3)cc2)C(=O)N1. The highest BCUT2D eigenvalue weighted by atomic mass is 16.2. The van der Waals surface area contributed by atoms with Crippen LogP contribution in [0.15, 0.2) is 30.3 Å². The second kappa shape index (κ2) is 5.00. The molecule has 0 atom stereocenters. The number of benzene rings is 1. The maximum Gasteiger partial charge on any atom is 0.258 e. The normalized spacial score (nSPS) is 20.3. The lowest BCUT2D eigenvalue weighted by atomic mass is 9.84. The molecule has 0 spiro atoms. The third kappa shape index (κ3) is 2.46. The van der Waals surface area contributed by atoms with E-state index < -0.39 is 0 Å². The van der Waals surface area contributed by atoms with Crippen molar-refractivity contribution < 1.29 is 9.59 Å². The molecule has 1 aliphatic heterocycles. The summed E-state index contributed by atoms with van der Waals surface area (Å²) in [6.45, 7) is 0. The third-order valence-corrected chi connectivity index (χ3v) is 4.06. The van der Waals surface area contributed by atoms with Gasteiger partial charge >= 0.3 is 0 Å². The van der Waals surface area contributed by atoms with E-state index in [1.54, 1.807) is 0 Å². The maximum absolute atomic E-state index is 11.6. The zero-order chi connectivity index (χ0) is 13.2. The first-order valence-corrected chi connectivity index (χ1v) is 6.91. The lowest BCUT2D eigenvalue weighted by molar-refractivity contribution is -0.123. The summed E-state index contributed by atoms with van der Waals surface area (Å²) in [6.07, 6.45) is 7.88. The molecule has 2 aliphatic rings. The fraction of sp³-hybridized carbons (Fsp3) is 0.375. The maximum atomic E-state index is 11.6. The Morgan fingerprint density at radius 2 is 1.63 bits per heavy atom. The van der Waals surface area contributed by atoms with E-state index in [0.29, 0.717) is 11.5 Å². The number of rotatable bonds is 2. The van der Waals surface area contributed by atoms with Gasteiger partial charge in [0, 0.05) is 6.08 Å². The minimum atomic E-state index is -0.323. The molecule has 1 fully saturated rings. The average Bonchev–Trinajstić information content (AvgIpc) is 2.79. The van der Waals surface area contributed by atoms with E-state index >= 15 is 0 Å². The van der Waals surface area contributed by atoms with Crippen molar-refractivity contribution in [2.75, 3.05) is 0 Å². The number of hydrogen-bond acceptors (Lipinski definition) is 2. The van der Waals surface area contributed by atoms with E-state index in [0.717, 1.165) is 5.56 Å². The van der Waals surface area contributed by atoms with Crippen LogP contribution < -0.4 is 5.32 Å². The van der Waals surface area contributed by atoms with Crippen LogP contribution in [0.1, 0.15) is 49.1 Å². The Morgan fingerprint density at radius 3 is 2.21 bits per heavy atom. The van der Waals surface area contributed by atoms with Gasteiger partial charge in [-0.3, -0.25) is 14.9 Å². The topological polar surface area (TPSA) is 46.2 Å². The zero-order valence-corrected chi connectivity index (χ0v) is 10.8. The quantitative estimate of drug-likeness (QED) is 0.826. The van der Waals surface area contributed by atoms with E-state index in [1.807, 2.05) is 12.1 Å². The molecule has 3 nitrogen and oxygen atoms in total. The number of imide groups is 1. The van der Waals surface area contributed by atoms with Crippen molar-refractivity contribution in [3.63, 3.8) is 0 Å². The number of carbonyl (C=O) groups excluding carboxylic acids is 2. The highest BCUT2D eigenvalue weighted by Gasteiger charge is 2.22. The average molecular weight is 255 g/mol. The van der Waals surface area contributed by atoms with Gasteiger partial charge in [-0.2, -0.15) is 0 Å². The van der Waals surface area contributed by atoms with Crippen LogP contribution in [0.3, 0.4) is 0 Å². The lowest BCUT2D eigenvalue weighted by Gasteiger charge is -2.22. The number of carbonyl (C=O) groups is 2. The Bertz CT molecular complexity index is 536. The highest BCUT2D eigenvalue weighted by Crippen LogP contribution is 2.33. The Hall–Kier alpha value is -1.90. The molecule has 1 heterocycles. The Labute approximate surface area is 112 Å². The molecular weight excluding hydrogens is 238 g/mol. The van der Waals surface area contributed by atoms with Crippen LogP contribution in [-0.4, -0.2) is 11.8 Å². The van der Waals surface area contributed by atoms with Gasteiger partial charge in [0.15, 0.2) is 0 Å². The monoisotopic (exact) mass is 255 g/mol. The van der Waals surface area contributed by atoms with Crippen molar-refractivity contribution in [1.82, 2.24) is 5.32 Å². The molecule has 0 saturated heterocycles. The molecule has 0 unspecified atom stereocenters. The smallest absolute Gasteiger partial charge is 0.258 e. The molecule has 0 radical (unpaired) electrons. The minimum absolute atomic E-state index is 0.296. The van der Waals surface area contributed by atoms with Crippen LogP contribution in [0.5, 0.6) is 0 Å². The molecule has 0 aromatic heterocycles. The van der Waals surface area contributed by atoms with Crippen LogP contribution >= 0.6 is 0 Å². The van der Waals surface area contributed by atoms with E-state index in [4.69, 9.17) is 0 Å². The Kier molecular flexibility index (Phi) is 3.20. The summed E-state index contributed by atoms with van der Waals surface area (Å²) in [5.41, 5.74) is 2.65. The first-order chi connectivity index (χ1) is 9.24.